The summed E-state index contributed by atoms with van der Waals surface area (Å²) < 4.78 is 7.14. The first kappa shape index (κ1) is 30.1. The van der Waals surface area contributed by atoms with Crippen LogP contribution in [-0.4, -0.2) is 86.6 Å². The normalized spacial score (nSPS) is 33.5. The number of carbonyl (C=O) groups excluding carboxylic acids is 3. The second kappa shape index (κ2) is 11.8. The fourth-order valence-electron chi connectivity index (χ4n) is 8.65. The van der Waals surface area contributed by atoms with Gasteiger partial charge in [0.15, 0.2) is 0 Å². The summed E-state index contributed by atoms with van der Waals surface area (Å²) in [6.45, 7) is 7.18. The number of rotatable bonds is 8. The van der Waals surface area contributed by atoms with Gasteiger partial charge in [0.05, 0.1) is 30.1 Å². The van der Waals surface area contributed by atoms with Crippen LogP contribution in [0.1, 0.15) is 71.3 Å². The lowest BCUT2D eigenvalue weighted by atomic mass is 9.73. The number of benzene rings is 1. The van der Waals surface area contributed by atoms with Gasteiger partial charge in [-0.3, -0.25) is 14.4 Å². The van der Waals surface area contributed by atoms with E-state index in [1.165, 1.54) is 6.42 Å². The van der Waals surface area contributed by atoms with Crippen LogP contribution in [0.5, 0.6) is 0 Å². The third-order valence-electron chi connectivity index (χ3n) is 10.6. The number of likely N-dealkylation sites (tertiary alicyclic amines) is 1. The van der Waals surface area contributed by atoms with Gasteiger partial charge in [0.1, 0.15) is 11.6 Å². The second-order valence-corrected chi connectivity index (χ2v) is 13.6. The highest BCUT2D eigenvalue weighted by molar-refractivity contribution is 6.00. The predicted octanol–water partition coefficient (Wildman–Crippen LogP) is 4.08. The van der Waals surface area contributed by atoms with Crippen molar-refractivity contribution in [1.29, 1.82) is 0 Å². The van der Waals surface area contributed by atoms with Crippen molar-refractivity contribution in [3.63, 3.8) is 0 Å². The molecule has 0 aromatic heterocycles. The van der Waals surface area contributed by atoms with Gasteiger partial charge in [-0.25, -0.2) is 0 Å². The van der Waals surface area contributed by atoms with Gasteiger partial charge in [-0.1, -0.05) is 94.7 Å². The summed E-state index contributed by atoms with van der Waals surface area (Å²) in [5, 5.41) is 10.6. The molecule has 6 rings (SSSR count). The van der Waals surface area contributed by atoms with E-state index in [-0.39, 0.29) is 36.3 Å². The summed E-state index contributed by atoms with van der Waals surface area (Å²) >= 11 is 0. The SMILES string of the molecule is CC[C@@]12C=CCN(Cc3ccccc3)C(=O)[C@@H]1[C@H]1C(=O)N([C@@H](CO)CC(C)C)C3C(=O)N(C4CCCCC4)CC=C[C@@]31O2. The highest BCUT2D eigenvalue weighted by atomic mass is 16.5. The molecule has 0 bridgehead atoms. The lowest BCUT2D eigenvalue weighted by Crippen LogP contribution is -2.60. The molecular weight excluding hydrogens is 542 g/mol. The average Bonchev–Trinajstić information content (AvgIpc) is 3.31. The molecule has 0 radical (unpaired) electrons. The quantitative estimate of drug-likeness (QED) is 0.462. The molecule has 4 heterocycles. The summed E-state index contributed by atoms with van der Waals surface area (Å²) in [4.78, 5) is 49.7. The minimum absolute atomic E-state index is 0.115. The molecule has 1 unspecified atom stereocenters. The van der Waals surface area contributed by atoms with Gasteiger partial charge < -0.3 is 24.5 Å². The molecule has 4 aliphatic heterocycles. The van der Waals surface area contributed by atoms with Crippen LogP contribution >= 0.6 is 0 Å². The molecule has 2 saturated heterocycles. The molecule has 8 heteroatoms. The molecular formula is C35H47N3O5. The molecule has 1 aromatic carbocycles. The van der Waals surface area contributed by atoms with E-state index in [4.69, 9.17) is 4.74 Å². The van der Waals surface area contributed by atoms with Crippen LogP contribution in [0, 0.1) is 17.8 Å². The van der Waals surface area contributed by atoms with Gasteiger partial charge in [0.25, 0.3) is 0 Å². The van der Waals surface area contributed by atoms with Gasteiger partial charge in [-0.05, 0) is 37.2 Å². The zero-order chi connectivity index (χ0) is 30.4. The number of ether oxygens (including phenoxy) is 1. The molecule has 1 saturated carbocycles. The molecule has 3 amide bonds. The van der Waals surface area contributed by atoms with Crippen molar-refractivity contribution in [2.24, 2.45) is 17.8 Å². The average molecular weight is 590 g/mol. The highest BCUT2D eigenvalue weighted by Gasteiger charge is 2.76. The number of hydrogen-bond donors (Lipinski definition) is 1. The monoisotopic (exact) mass is 589 g/mol. The van der Waals surface area contributed by atoms with Crippen molar-refractivity contribution in [3.05, 3.63) is 60.2 Å². The number of hydrogen-bond acceptors (Lipinski definition) is 5. The zero-order valence-electron chi connectivity index (χ0n) is 25.9. The number of carbonyl (C=O) groups is 3. The molecule has 1 spiro atoms. The maximum atomic E-state index is 14.8. The Morgan fingerprint density at radius 3 is 2.33 bits per heavy atom. The zero-order valence-corrected chi connectivity index (χ0v) is 25.9. The predicted molar refractivity (Wildman–Crippen MR) is 164 cm³/mol. The van der Waals surface area contributed by atoms with Gasteiger partial charge in [-0.15, -0.1) is 0 Å². The number of amides is 3. The number of nitrogens with zero attached hydrogens (tertiary/aromatic N) is 3. The fourth-order valence-corrected chi connectivity index (χ4v) is 8.65. The van der Waals surface area contributed by atoms with E-state index in [1.54, 1.807) is 4.90 Å². The summed E-state index contributed by atoms with van der Waals surface area (Å²) in [5.74, 6) is -1.93. The summed E-state index contributed by atoms with van der Waals surface area (Å²) in [6, 6.07) is 8.53. The summed E-state index contributed by atoms with van der Waals surface area (Å²) in [7, 11) is 0. The molecule has 1 N–H and O–H groups in total. The number of fused-ring (bicyclic) bond motifs is 2. The Bertz CT molecular complexity index is 1270. The fraction of sp³-hybridized carbons (Fsp3) is 0.629. The summed E-state index contributed by atoms with van der Waals surface area (Å²) in [5.41, 5.74) is -1.28. The third kappa shape index (κ3) is 4.95. The van der Waals surface area contributed by atoms with Crippen LogP contribution in [0.25, 0.3) is 0 Å². The Hall–Kier alpha value is -2.97. The number of aliphatic hydroxyl groups excluding tert-OH is 1. The van der Waals surface area contributed by atoms with E-state index >= 15 is 0 Å². The minimum Gasteiger partial charge on any atom is -0.394 e. The Kier molecular flexibility index (Phi) is 8.28. The Morgan fingerprint density at radius 1 is 0.930 bits per heavy atom. The largest absolute Gasteiger partial charge is 0.394 e. The number of aliphatic hydroxyl groups is 1. The molecule has 3 fully saturated rings. The van der Waals surface area contributed by atoms with Crippen molar-refractivity contribution < 1.29 is 24.2 Å². The lowest BCUT2D eigenvalue weighted by Gasteiger charge is -2.42. The van der Waals surface area contributed by atoms with Crippen molar-refractivity contribution in [2.45, 2.75) is 102 Å². The van der Waals surface area contributed by atoms with Crippen LogP contribution in [0.2, 0.25) is 0 Å². The minimum atomic E-state index is -1.29. The second-order valence-electron chi connectivity index (χ2n) is 13.6. The van der Waals surface area contributed by atoms with E-state index < -0.39 is 35.1 Å². The Labute approximate surface area is 255 Å². The molecule has 8 nitrogen and oxygen atoms in total. The van der Waals surface area contributed by atoms with E-state index in [9.17, 15) is 19.5 Å². The maximum absolute atomic E-state index is 14.8. The standard InChI is InChI=1S/C35H47N3O5/c1-4-34-17-11-19-36(22-25-13-7-5-8-14-25)31(40)28(34)29-32(41)38(27(23-39)21-24(2)3)30-33(42)37(26-15-9-6-10-16-26)20-12-18-35(29,30)43-34/h5,7-8,11-14,17-18,24,26-30,39H,4,6,9-10,15-16,19-23H2,1-3H3/t27-,28+,29+,30?,34-,35+/m1/s1. The molecule has 232 valence electrons. The van der Waals surface area contributed by atoms with Crippen LogP contribution in [0.3, 0.4) is 0 Å². The third-order valence-corrected chi connectivity index (χ3v) is 10.6. The van der Waals surface area contributed by atoms with Gasteiger partial charge in [0.2, 0.25) is 17.7 Å². The van der Waals surface area contributed by atoms with E-state index in [0.717, 1.165) is 31.2 Å². The van der Waals surface area contributed by atoms with Gasteiger partial charge >= 0.3 is 0 Å². The Balaban J connectivity index is 1.46. The van der Waals surface area contributed by atoms with E-state index in [2.05, 4.69) is 13.8 Å². The van der Waals surface area contributed by atoms with E-state index in [0.29, 0.717) is 32.5 Å². The summed E-state index contributed by atoms with van der Waals surface area (Å²) in [6.07, 6.45) is 14.2. The van der Waals surface area contributed by atoms with Gasteiger partial charge in [-0.2, -0.15) is 0 Å². The maximum Gasteiger partial charge on any atom is 0.249 e. The Morgan fingerprint density at radius 2 is 1.65 bits per heavy atom. The van der Waals surface area contributed by atoms with Crippen LogP contribution in [0.15, 0.2) is 54.6 Å². The van der Waals surface area contributed by atoms with Crippen molar-refractivity contribution in [1.82, 2.24) is 14.7 Å². The molecule has 43 heavy (non-hydrogen) atoms. The molecule has 1 aromatic rings. The lowest BCUT2D eigenvalue weighted by molar-refractivity contribution is -0.159. The van der Waals surface area contributed by atoms with Crippen LogP contribution in [-0.2, 0) is 25.7 Å². The topological polar surface area (TPSA) is 90.4 Å². The van der Waals surface area contributed by atoms with Crippen LogP contribution < -0.4 is 0 Å². The molecule has 1 aliphatic carbocycles. The van der Waals surface area contributed by atoms with Gasteiger partial charge in [0, 0.05) is 25.7 Å². The van der Waals surface area contributed by atoms with Crippen molar-refractivity contribution in [2.75, 3.05) is 19.7 Å². The van der Waals surface area contributed by atoms with Crippen molar-refractivity contribution in [3.8, 4) is 0 Å². The highest BCUT2D eigenvalue weighted by Crippen LogP contribution is 2.59. The first-order valence-electron chi connectivity index (χ1n) is 16.4. The first-order chi connectivity index (χ1) is 20.8. The first-order valence-corrected chi connectivity index (χ1v) is 16.4. The van der Waals surface area contributed by atoms with Crippen molar-refractivity contribution >= 4 is 17.7 Å². The van der Waals surface area contributed by atoms with Crippen LogP contribution in [0.4, 0.5) is 0 Å². The molecule has 6 atom stereocenters. The molecule has 5 aliphatic rings. The van der Waals surface area contributed by atoms with E-state index in [1.807, 2.05) is 71.4 Å². The smallest absolute Gasteiger partial charge is 0.249 e.